The smallest absolute Gasteiger partial charge is 0.296 e. The van der Waals surface area contributed by atoms with E-state index in [4.69, 9.17) is 8.92 Å². The topological polar surface area (TPSA) is 52.6 Å². The van der Waals surface area contributed by atoms with Crippen molar-refractivity contribution in [1.29, 1.82) is 0 Å². The van der Waals surface area contributed by atoms with Crippen LogP contribution in [0.5, 0.6) is 5.75 Å². The fourth-order valence-corrected chi connectivity index (χ4v) is 3.52. The molecule has 0 fully saturated rings. The molecule has 0 saturated carbocycles. The van der Waals surface area contributed by atoms with Gasteiger partial charge in [-0.05, 0) is 85.2 Å². The van der Waals surface area contributed by atoms with Crippen LogP contribution in [0, 0.1) is 10.5 Å². The zero-order chi connectivity index (χ0) is 18.1. The first-order valence-electron chi connectivity index (χ1n) is 8.32. The molecule has 0 unspecified atom stereocenters. The average Bonchev–Trinajstić information content (AvgIpc) is 2.59. The molecule has 0 atom stereocenters. The van der Waals surface area contributed by atoms with Gasteiger partial charge in [-0.25, -0.2) is 0 Å². The van der Waals surface area contributed by atoms with Gasteiger partial charge in [-0.3, -0.25) is 4.18 Å². The van der Waals surface area contributed by atoms with Crippen molar-refractivity contribution < 1.29 is 17.3 Å². The lowest BCUT2D eigenvalue weighted by Gasteiger charge is -2.07. The van der Waals surface area contributed by atoms with Gasteiger partial charge in [-0.15, -0.1) is 0 Å². The lowest BCUT2D eigenvalue weighted by atomic mass is 10.2. The second kappa shape index (κ2) is 10.1. The third-order valence-corrected chi connectivity index (χ3v) is 5.71. The molecule has 0 aliphatic heterocycles. The third kappa shape index (κ3) is 7.33. The van der Waals surface area contributed by atoms with E-state index in [1.807, 2.05) is 31.2 Å². The summed E-state index contributed by atoms with van der Waals surface area (Å²) in [5, 5.41) is 0. The highest BCUT2D eigenvalue weighted by Gasteiger charge is 2.14. The maximum Gasteiger partial charge on any atom is 0.296 e. The standard InChI is InChI=1S/C19H23IO4S/c1-16-6-12-19(13-7-16)25(21,22)24-15-5-3-2-4-14-23-18-10-8-17(20)9-11-18/h6-13H,2-5,14-15H2,1H3. The van der Waals surface area contributed by atoms with Gasteiger partial charge in [0, 0.05) is 3.57 Å². The Kier molecular flexibility index (Phi) is 8.18. The fourth-order valence-electron chi connectivity index (χ4n) is 2.22. The molecular formula is C19H23IO4S. The average molecular weight is 474 g/mol. The first-order chi connectivity index (χ1) is 12.0. The van der Waals surface area contributed by atoms with E-state index in [0.717, 1.165) is 30.6 Å². The van der Waals surface area contributed by atoms with Crippen molar-refractivity contribution >= 4 is 32.7 Å². The van der Waals surface area contributed by atoms with E-state index in [1.165, 1.54) is 3.57 Å². The zero-order valence-electron chi connectivity index (χ0n) is 14.3. The molecule has 0 spiro atoms. The monoisotopic (exact) mass is 474 g/mol. The Morgan fingerprint density at radius 3 is 2.08 bits per heavy atom. The Morgan fingerprint density at radius 1 is 0.840 bits per heavy atom. The third-order valence-electron chi connectivity index (χ3n) is 3.67. The molecule has 2 rings (SSSR count). The first-order valence-corrected chi connectivity index (χ1v) is 10.8. The lowest BCUT2D eigenvalue weighted by molar-refractivity contribution is 0.289. The van der Waals surface area contributed by atoms with Crippen LogP contribution in [0.2, 0.25) is 0 Å². The molecule has 6 heteroatoms. The minimum Gasteiger partial charge on any atom is -0.494 e. The van der Waals surface area contributed by atoms with E-state index in [1.54, 1.807) is 24.3 Å². The van der Waals surface area contributed by atoms with Crippen molar-refractivity contribution in [3.8, 4) is 5.75 Å². The predicted octanol–water partition coefficient (Wildman–Crippen LogP) is 4.94. The summed E-state index contributed by atoms with van der Waals surface area (Å²) in [4.78, 5) is 0.212. The van der Waals surface area contributed by atoms with E-state index in [-0.39, 0.29) is 11.5 Å². The van der Waals surface area contributed by atoms with Gasteiger partial charge < -0.3 is 4.74 Å². The number of ether oxygens (including phenoxy) is 1. The molecular weight excluding hydrogens is 451 g/mol. The molecule has 2 aromatic carbocycles. The summed E-state index contributed by atoms with van der Waals surface area (Å²) in [6, 6.07) is 14.6. The summed E-state index contributed by atoms with van der Waals surface area (Å²) < 4.78 is 36.0. The molecule has 136 valence electrons. The summed E-state index contributed by atoms with van der Waals surface area (Å²) >= 11 is 2.26. The molecule has 0 heterocycles. The van der Waals surface area contributed by atoms with Gasteiger partial charge in [0.1, 0.15) is 5.75 Å². The van der Waals surface area contributed by atoms with E-state index in [2.05, 4.69) is 22.6 Å². The van der Waals surface area contributed by atoms with Crippen LogP contribution in [0.3, 0.4) is 0 Å². The number of hydrogen-bond donors (Lipinski definition) is 0. The summed E-state index contributed by atoms with van der Waals surface area (Å²) in [5.74, 6) is 0.882. The van der Waals surface area contributed by atoms with Gasteiger partial charge >= 0.3 is 0 Å². The highest BCUT2D eigenvalue weighted by Crippen LogP contribution is 2.15. The van der Waals surface area contributed by atoms with Crippen LogP contribution in [0.1, 0.15) is 31.2 Å². The normalized spacial score (nSPS) is 11.4. The van der Waals surface area contributed by atoms with Crippen molar-refractivity contribution in [2.45, 2.75) is 37.5 Å². The van der Waals surface area contributed by atoms with Gasteiger partial charge in [0.25, 0.3) is 10.1 Å². The molecule has 2 aromatic rings. The quantitative estimate of drug-likeness (QED) is 0.278. The van der Waals surface area contributed by atoms with Crippen molar-refractivity contribution in [2.75, 3.05) is 13.2 Å². The van der Waals surface area contributed by atoms with Crippen molar-refractivity contribution in [3.63, 3.8) is 0 Å². The van der Waals surface area contributed by atoms with E-state index >= 15 is 0 Å². The molecule has 0 aliphatic carbocycles. The number of unbranched alkanes of at least 4 members (excludes halogenated alkanes) is 3. The highest BCUT2D eigenvalue weighted by atomic mass is 127. The molecule has 0 aliphatic rings. The van der Waals surface area contributed by atoms with Crippen LogP contribution >= 0.6 is 22.6 Å². The van der Waals surface area contributed by atoms with Gasteiger partial charge in [0.2, 0.25) is 0 Å². The lowest BCUT2D eigenvalue weighted by Crippen LogP contribution is -2.07. The number of benzene rings is 2. The summed E-state index contributed by atoms with van der Waals surface area (Å²) in [6.07, 6.45) is 3.56. The molecule has 0 amide bonds. The molecule has 0 aromatic heterocycles. The van der Waals surface area contributed by atoms with Gasteiger partial charge in [0.15, 0.2) is 0 Å². The summed E-state index contributed by atoms with van der Waals surface area (Å²) in [5.41, 5.74) is 1.02. The van der Waals surface area contributed by atoms with Crippen LogP contribution in [0.25, 0.3) is 0 Å². The number of aryl methyl sites for hydroxylation is 1. The predicted molar refractivity (Wildman–Crippen MR) is 107 cm³/mol. The van der Waals surface area contributed by atoms with Crippen LogP contribution in [0.4, 0.5) is 0 Å². The number of rotatable bonds is 10. The first kappa shape index (κ1) is 20.2. The van der Waals surface area contributed by atoms with E-state index < -0.39 is 10.1 Å². The van der Waals surface area contributed by atoms with Crippen LogP contribution in [-0.4, -0.2) is 21.6 Å². The van der Waals surface area contributed by atoms with Gasteiger partial charge in [0.05, 0.1) is 18.1 Å². The van der Waals surface area contributed by atoms with Gasteiger partial charge in [-0.2, -0.15) is 8.42 Å². The molecule has 25 heavy (non-hydrogen) atoms. The molecule has 0 radical (unpaired) electrons. The fraction of sp³-hybridized carbons (Fsp3) is 0.368. The van der Waals surface area contributed by atoms with Crippen LogP contribution in [0.15, 0.2) is 53.4 Å². The van der Waals surface area contributed by atoms with Gasteiger partial charge in [-0.1, -0.05) is 24.1 Å². The Morgan fingerprint density at radius 2 is 1.44 bits per heavy atom. The Labute approximate surface area is 163 Å². The van der Waals surface area contributed by atoms with Crippen molar-refractivity contribution in [2.24, 2.45) is 0 Å². The minimum atomic E-state index is -3.64. The van der Waals surface area contributed by atoms with Crippen molar-refractivity contribution in [1.82, 2.24) is 0 Å². The molecule has 0 N–H and O–H groups in total. The molecule has 4 nitrogen and oxygen atoms in total. The largest absolute Gasteiger partial charge is 0.494 e. The molecule has 0 bridgehead atoms. The summed E-state index contributed by atoms with van der Waals surface area (Å²) in [6.45, 7) is 2.80. The maximum atomic E-state index is 12.0. The minimum absolute atomic E-state index is 0.212. The SMILES string of the molecule is Cc1ccc(S(=O)(=O)OCCCCCCOc2ccc(I)cc2)cc1. The zero-order valence-corrected chi connectivity index (χ0v) is 17.3. The van der Waals surface area contributed by atoms with E-state index in [0.29, 0.717) is 13.0 Å². The second-order valence-electron chi connectivity index (χ2n) is 5.81. The summed E-state index contributed by atoms with van der Waals surface area (Å²) in [7, 11) is -3.64. The van der Waals surface area contributed by atoms with Crippen LogP contribution in [-0.2, 0) is 14.3 Å². The second-order valence-corrected chi connectivity index (χ2v) is 8.67. The number of halogens is 1. The molecule has 0 saturated heterocycles. The van der Waals surface area contributed by atoms with Crippen LogP contribution < -0.4 is 4.74 Å². The number of hydrogen-bond acceptors (Lipinski definition) is 4. The van der Waals surface area contributed by atoms with E-state index in [9.17, 15) is 8.42 Å². The van der Waals surface area contributed by atoms with Crippen molar-refractivity contribution in [3.05, 3.63) is 57.7 Å². The Hall–Kier alpha value is -1.12. The highest BCUT2D eigenvalue weighted by molar-refractivity contribution is 14.1. The Balaban J connectivity index is 1.57. The Bertz CT molecular complexity index is 740. The maximum absolute atomic E-state index is 12.0.